The van der Waals surface area contributed by atoms with Crippen LogP contribution in [0.25, 0.3) is 0 Å². The molecular weight excluding hydrogens is 250 g/mol. The lowest BCUT2D eigenvalue weighted by molar-refractivity contribution is 0.0558. The van der Waals surface area contributed by atoms with E-state index >= 15 is 0 Å². The monoisotopic (exact) mass is 269 g/mol. The lowest BCUT2D eigenvalue weighted by Gasteiger charge is -2.31. The summed E-state index contributed by atoms with van der Waals surface area (Å²) in [6, 6.07) is 5.44. The predicted octanol–water partition coefficient (Wildman–Crippen LogP) is 2.57. The zero-order valence-electron chi connectivity index (χ0n) is 10.7. The minimum absolute atomic E-state index is 0.0186. The van der Waals surface area contributed by atoms with E-state index < -0.39 is 5.60 Å². The summed E-state index contributed by atoms with van der Waals surface area (Å²) < 4.78 is 0. The largest absolute Gasteiger partial charge is 0.392 e. The Morgan fingerprint density at radius 3 is 2.61 bits per heavy atom. The number of aliphatic hydroxyl groups is 2. The quantitative estimate of drug-likeness (QED) is 0.883. The molecule has 1 aliphatic carbocycles. The van der Waals surface area contributed by atoms with Gasteiger partial charge < -0.3 is 15.1 Å². The van der Waals surface area contributed by atoms with Crippen LogP contribution in [-0.2, 0) is 6.61 Å². The lowest BCUT2D eigenvalue weighted by Crippen LogP contribution is -2.39. The Bertz CT molecular complexity index is 416. The second-order valence-corrected chi connectivity index (χ2v) is 5.66. The molecule has 1 saturated carbocycles. The average molecular weight is 270 g/mol. The molecule has 0 spiro atoms. The minimum Gasteiger partial charge on any atom is -0.392 e. The van der Waals surface area contributed by atoms with E-state index in [1.54, 1.807) is 6.07 Å². The lowest BCUT2D eigenvalue weighted by atomic mass is 10.0. The second-order valence-electron chi connectivity index (χ2n) is 5.22. The molecule has 3 nitrogen and oxygen atoms in total. The van der Waals surface area contributed by atoms with Gasteiger partial charge in [-0.3, -0.25) is 0 Å². The van der Waals surface area contributed by atoms with E-state index in [-0.39, 0.29) is 6.61 Å². The first-order valence-corrected chi connectivity index (χ1v) is 6.75. The third kappa shape index (κ3) is 2.97. The maximum atomic E-state index is 10.4. The van der Waals surface area contributed by atoms with Gasteiger partial charge in [0, 0.05) is 29.9 Å². The van der Waals surface area contributed by atoms with Crippen molar-refractivity contribution >= 4 is 17.3 Å². The third-order valence-electron chi connectivity index (χ3n) is 3.69. The molecule has 0 heterocycles. The molecule has 1 fully saturated rings. The van der Waals surface area contributed by atoms with Crippen molar-refractivity contribution in [2.24, 2.45) is 0 Å². The summed E-state index contributed by atoms with van der Waals surface area (Å²) in [7, 11) is 1.93. The summed E-state index contributed by atoms with van der Waals surface area (Å²) in [5, 5.41) is 20.4. The molecular formula is C14H20ClNO2. The van der Waals surface area contributed by atoms with Crippen LogP contribution in [0.15, 0.2) is 18.2 Å². The zero-order valence-corrected chi connectivity index (χ0v) is 11.5. The smallest absolute Gasteiger partial charge is 0.0821 e. The van der Waals surface area contributed by atoms with Gasteiger partial charge in [0.1, 0.15) is 0 Å². The van der Waals surface area contributed by atoms with Gasteiger partial charge in [-0.2, -0.15) is 0 Å². The molecule has 0 bridgehead atoms. The number of nitrogens with zero attached hydrogens (tertiary/aromatic N) is 1. The van der Waals surface area contributed by atoms with Crippen LogP contribution in [0.3, 0.4) is 0 Å². The van der Waals surface area contributed by atoms with Crippen molar-refractivity contribution in [3.05, 3.63) is 28.8 Å². The topological polar surface area (TPSA) is 43.7 Å². The second kappa shape index (κ2) is 5.47. The van der Waals surface area contributed by atoms with Crippen molar-refractivity contribution < 1.29 is 10.2 Å². The van der Waals surface area contributed by atoms with Gasteiger partial charge in [-0.05, 0) is 25.0 Å². The summed E-state index contributed by atoms with van der Waals surface area (Å²) in [5.74, 6) is 0. The maximum Gasteiger partial charge on any atom is 0.0821 e. The first-order chi connectivity index (χ1) is 8.54. The summed E-state index contributed by atoms with van der Waals surface area (Å²) in [5.41, 5.74) is 1.14. The Morgan fingerprint density at radius 1 is 1.33 bits per heavy atom. The van der Waals surface area contributed by atoms with Crippen molar-refractivity contribution in [2.45, 2.75) is 37.9 Å². The predicted molar refractivity (Wildman–Crippen MR) is 74.1 cm³/mol. The molecule has 1 aromatic rings. The van der Waals surface area contributed by atoms with Gasteiger partial charge in [0.15, 0.2) is 0 Å². The molecule has 4 heteroatoms. The maximum absolute atomic E-state index is 10.4. The Balaban J connectivity index is 2.17. The highest BCUT2D eigenvalue weighted by atomic mass is 35.5. The van der Waals surface area contributed by atoms with Crippen LogP contribution < -0.4 is 4.90 Å². The summed E-state index contributed by atoms with van der Waals surface area (Å²) in [4.78, 5) is 1.99. The number of aliphatic hydroxyl groups excluding tert-OH is 1. The number of halogens is 1. The van der Waals surface area contributed by atoms with Gasteiger partial charge in [-0.15, -0.1) is 0 Å². The van der Waals surface area contributed by atoms with Crippen LogP contribution in [0.1, 0.15) is 31.2 Å². The van der Waals surface area contributed by atoms with Crippen molar-refractivity contribution in [3.8, 4) is 0 Å². The van der Waals surface area contributed by atoms with E-state index in [4.69, 9.17) is 11.6 Å². The first kappa shape index (κ1) is 13.7. The normalized spacial score (nSPS) is 18.0. The molecule has 0 atom stereocenters. The summed E-state index contributed by atoms with van der Waals surface area (Å²) in [6.07, 6.45) is 3.89. The molecule has 0 aliphatic heterocycles. The van der Waals surface area contributed by atoms with Crippen molar-refractivity contribution in [2.75, 3.05) is 18.5 Å². The SMILES string of the molecule is CN(CC1(O)CCCC1)c1cc(Cl)ccc1CO. The molecule has 0 aromatic heterocycles. The third-order valence-corrected chi connectivity index (χ3v) is 3.93. The molecule has 2 N–H and O–H groups in total. The Kier molecular flexibility index (Phi) is 4.15. The van der Waals surface area contributed by atoms with Crippen LogP contribution in [0.4, 0.5) is 5.69 Å². The Morgan fingerprint density at radius 2 is 2.00 bits per heavy atom. The molecule has 1 aliphatic rings. The number of hydrogen-bond donors (Lipinski definition) is 2. The number of rotatable bonds is 4. The van der Waals surface area contributed by atoms with Crippen molar-refractivity contribution in [1.82, 2.24) is 0 Å². The molecule has 18 heavy (non-hydrogen) atoms. The number of likely N-dealkylation sites (N-methyl/N-ethyl adjacent to an activating group) is 1. The van der Waals surface area contributed by atoms with Crippen LogP contribution in [0.2, 0.25) is 5.02 Å². The van der Waals surface area contributed by atoms with E-state index in [2.05, 4.69) is 0 Å². The van der Waals surface area contributed by atoms with E-state index in [0.717, 1.165) is 36.9 Å². The van der Waals surface area contributed by atoms with Crippen molar-refractivity contribution in [1.29, 1.82) is 0 Å². The molecule has 2 rings (SSSR count). The van der Waals surface area contributed by atoms with Gasteiger partial charge in [0.05, 0.1) is 12.2 Å². The van der Waals surface area contributed by atoms with Gasteiger partial charge in [-0.25, -0.2) is 0 Å². The fourth-order valence-electron chi connectivity index (χ4n) is 2.74. The minimum atomic E-state index is -0.593. The molecule has 0 amide bonds. The Hall–Kier alpha value is -0.770. The standard InChI is InChI=1S/C14H20ClNO2/c1-16(10-14(18)6-2-3-7-14)13-8-12(15)5-4-11(13)9-17/h4-5,8,17-18H,2-3,6-7,9-10H2,1H3. The number of hydrogen-bond acceptors (Lipinski definition) is 3. The van der Waals surface area contributed by atoms with Crippen LogP contribution >= 0.6 is 11.6 Å². The summed E-state index contributed by atoms with van der Waals surface area (Å²) >= 11 is 6.00. The fourth-order valence-corrected chi connectivity index (χ4v) is 2.91. The van der Waals surface area contributed by atoms with Gasteiger partial charge in [-0.1, -0.05) is 30.5 Å². The highest BCUT2D eigenvalue weighted by Gasteiger charge is 2.32. The van der Waals surface area contributed by atoms with Gasteiger partial charge in [0.25, 0.3) is 0 Å². The number of anilines is 1. The molecule has 0 saturated heterocycles. The molecule has 100 valence electrons. The number of benzene rings is 1. The van der Waals surface area contributed by atoms with Crippen molar-refractivity contribution in [3.63, 3.8) is 0 Å². The van der Waals surface area contributed by atoms with E-state index in [0.29, 0.717) is 11.6 Å². The highest BCUT2D eigenvalue weighted by Crippen LogP contribution is 2.32. The molecule has 0 radical (unpaired) electrons. The van der Waals surface area contributed by atoms with Gasteiger partial charge in [0.2, 0.25) is 0 Å². The zero-order chi connectivity index (χ0) is 13.2. The Labute approximate surface area is 113 Å². The fraction of sp³-hybridized carbons (Fsp3) is 0.571. The molecule has 1 aromatic carbocycles. The van der Waals surface area contributed by atoms with E-state index in [9.17, 15) is 10.2 Å². The van der Waals surface area contributed by atoms with E-state index in [1.807, 2.05) is 24.1 Å². The highest BCUT2D eigenvalue weighted by molar-refractivity contribution is 6.30. The van der Waals surface area contributed by atoms with Crippen LogP contribution in [-0.4, -0.2) is 29.4 Å². The van der Waals surface area contributed by atoms with Crippen LogP contribution in [0.5, 0.6) is 0 Å². The van der Waals surface area contributed by atoms with Gasteiger partial charge >= 0.3 is 0 Å². The van der Waals surface area contributed by atoms with Crippen LogP contribution in [0, 0.1) is 0 Å². The van der Waals surface area contributed by atoms with E-state index in [1.165, 1.54) is 0 Å². The average Bonchev–Trinajstić information content (AvgIpc) is 2.75. The molecule has 0 unspecified atom stereocenters. The first-order valence-electron chi connectivity index (χ1n) is 6.37. The summed E-state index contributed by atoms with van der Waals surface area (Å²) in [6.45, 7) is 0.565.